The molecule has 5 nitrogen and oxygen atoms in total. The highest BCUT2D eigenvalue weighted by Gasteiger charge is 2.27. The van der Waals surface area contributed by atoms with Crippen LogP contribution in [0.5, 0.6) is 0 Å². The molecule has 0 spiro atoms. The summed E-state index contributed by atoms with van der Waals surface area (Å²) in [6.45, 7) is 0.284. The number of hydrogen-bond acceptors (Lipinski definition) is 4. The van der Waals surface area contributed by atoms with Gasteiger partial charge in [-0.3, -0.25) is 9.10 Å². The van der Waals surface area contributed by atoms with Crippen molar-refractivity contribution >= 4 is 49.3 Å². The van der Waals surface area contributed by atoms with Gasteiger partial charge >= 0.3 is 0 Å². The van der Waals surface area contributed by atoms with Crippen LogP contribution in [-0.4, -0.2) is 38.4 Å². The summed E-state index contributed by atoms with van der Waals surface area (Å²) >= 11 is 5.27. The zero-order valence-electron chi connectivity index (χ0n) is 16.8. The summed E-state index contributed by atoms with van der Waals surface area (Å²) in [6, 6.07) is 15.1. The predicted octanol–water partition coefficient (Wildman–Crippen LogP) is 4.83. The molecule has 2 aromatic rings. The Kier molecular flexibility index (Phi) is 8.65. The van der Waals surface area contributed by atoms with Gasteiger partial charge in [-0.05, 0) is 49.2 Å². The van der Waals surface area contributed by atoms with Gasteiger partial charge in [0.2, 0.25) is 5.91 Å². The summed E-state index contributed by atoms with van der Waals surface area (Å²) in [5, 5.41) is 3.57. The number of halogens is 1. The second kappa shape index (κ2) is 11.2. The SMILES string of the molecule is O=C(CN(c1ccc(Br)cc1)S(=O)(=O)c1ccccc1)NCCSC1CCCCC1. The molecule has 8 heteroatoms. The molecule has 1 aliphatic rings. The van der Waals surface area contributed by atoms with Crippen LogP contribution < -0.4 is 9.62 Å². The minimum Gasteiger partial charge on any atom is -0.354 e. The number of carbonyl (C=O) groups excluding carboxylic acids is 1. The van der Waals surface area contributed by atoms with Crippen molar-refractivity contribution in [1.82, 2.24) is 5.32 Å². The molecule has 1 fully saturated rings. The normalized spacial score (nSPS) is 15.0. The average molecular weight is 512 g/mol. The van der Waals surface area contributed by atoms with Crippen molar-refractivity contribution in [2.45, 2.75) is 42.2 Å². The molecule has 0 bridgehead atoms. The number of thioether (sulfide) groups is 1. The average Bonchev–Trinajstić information content (AvgIpc) is 2.77. The van der Waals surface area contributed by atoms with Crippen LogP contribution >= 0.6 is 27.7 Å². The van der Waals surface area contributed by atoms with E-state index in [1.165, 1.54) is 36.4 Å². The molecule has 1 N–H and O–H groups in total. The van der Waals surface area contributed by atoms with Gasteiger partial charge in [-0.2, -0.15) is 11.8 Å². The van der Waals surface area contributed by atoms with Crippen molar-refractivity contribution in [3.63, 3.8) is 0 Å². The molecule has 0 heterocycles. The van der Waals surface area contributed by atoms with Gasteiger partial charge < -0.3 is 5.32 Å². The van der Waals surface area contributed by atoms with Gasteiger partial charge in [0.1, 0.15) is 6.54 Å². The summed E-state index contributed by atoms with van der Waals surface area (Å²) in [4.78, 5) is 12.7. The van der Waals surface area contributed by atoms with E-state index in [1.807, 2.05) is 11.8 Å². The molecule has 0 aliphatic heterocycles. The molecule has 30 heavy (non-hydrogen) atoms. The van der Waals surface area contributed by atoms with Gasteiger partial charge in [-0.1, -0.05) is 53.4 Å². The lowest BCUT2D eigenvalue weighted by Crippen LogP contribution is -2.41. The molecule has 1 saturated carbocycles. The molecule has 1 aliphatic carbocycles. The maximum Gasteiger partial charge on any atom is 0.264 e. The summed E-state index contributed by atoms with van der Waals surface area (Å²) in [7, 11) is -3.86. The van der Waals surface area contributed by atoms with Crippen LogP contribution in [0, 0.1) is 0 Å². The van der Waals surface area contributed by atoms with Gasteiger partial charge in [0.05, 0.1) is 10.6 Å². The lowest BCUT2D eigenvalue weighted by molar-refractivity contribution is -0.119. The van der Waals surface area contributed by atoms with Crippen LogP contribution in [0.1, 0.15) is 32.1 Å². The third-order valence-electron chi connectivity index (χ3n) is 5.06. The van der Waals surface area contributed by atoms with Crippen molar-refractivity contribution in [2.24, 2.45) is 0 Å². The zero-order chi connectivity index (χ0) is 21.4. The van der Waals surface area contributed by atoms with Crippen molar-refractivity contribution in [3.8, 4) is 0 Å². The standard InChI is InChI=1S/C22H27BrN2O3S2/c23-18-11-13-19(14-12-18)25(30(27,28)21-9-5-2-6-10-21)17-22(26)24-15-16-29-20-7-3-1-4-8-20/h2,5-6,9-14,20H,1,3-4,7-8,15-17H2,(H,24,26). The molecule has 0 aromatic heterocycles. The van der Waals surface area contributed by atoms with Crippen LogP contribution in [0.4, 0.5) is 5.69 Å². The number of nitrogens with one attached hydrogen (secondary N) is 1. The molecule has 0 unspecified atom stereocenters. The van der Waals surface area contributed by atoms with E-state index in [0.717, 1.165) is 10.2 Å². The van der Waals surface area contributed by atoms with Crippen molar-refractivity contribution in [1.29, 1.82) is 0 Å². The first-order chi connectivity index (χ1) is 14.5. The quantitative estimate of drug-likeness (QED) is 0.490. The van der Waals surface area contributed by atoms with Gasteiger partial charge in [-0.25, -0.2) is 8.42 Å². The third kappa shape index (κ3) is 6.49. The van der Waals surface area contributed by atoms with Crippen molar-refractivity contribution in [3.05, 3.63) is 59.1 Å². The summed E-state index contributed by atoms with van der Waals surface area (Å²) < 4.78 is 28.4. The Morgan fingerprint density at radius 3 is 2.37 bits per heavy atom. The number of hydrogen-bond donors (Lipinski definition) is 1. The molecule has 0 radical (unpaired) electrons. The van der Waals surface area contributed by atoms with E-state index in [-0.39, 0.29) is 17.3 Å². The van der Waals surface area contributed by atoms with E-state index in [2.05, 4.69) is 21.2 Å². The van der Waals surface area contributed by atoms with Crippen molar-refractivity contribution < 1.29 is 13.2 Å². The Bertz CT molecular complexity index is 915. The van der Waals surface area contributed by atoms with Gasteiger partial charge in [-0.15, -0.1) is 0 Å². The van der Waals surface area contributed by atoms with Crippen LogP contribution in [0.25, 0.3) is 0 Å². The molecule has 2 aromatic carbocycles. The monoisotopic (exact) mass is 510 g/mol. The largest absolute Gasteiger partial charge is 0.354 e. The Balaban J connectivity index is 1.65. The highest BCUT2D eigenvalue weighted by atomic mass is 79.9. The van der Waals surface area contributed by atoms with E-state index < -0.39 is 10.0 Å². The van der Waals surface area contributed by atoms with Gasteiger partial charge in [0.15, 0.2) is 0 Å². The summed E-state index contributed by atoms with van der Waals surface area (Å²) in [6.07, 6.45) is 6.43. The fourth-order valence-electron chi connectivity index (χ4n) is 3.48. The maximum atomic E-state index is 13.2. The van der Waals surface area contributed by atoms with Crippen LogP contribution in [-0.2, 0) is 14.8 Å². The Morgan fingerprint density at radius 2 is 1.70 bits per heavy atom. The minimum absolute atomic E-state index is 0.161. The Hall–Kier alpha value is -1.51. The summed E-state index contributed by atoms with van der Waals surface area (Å²) in [5.74, 6) is 0.543. The molecule has 0 saturated heterocycles. The number of benzene rings is 2. The second-order valence-electron chi connectivity index (χ2n) is 7.28. The number of rotatable bonds is 9. The number of anilines is 1. The first kappa shape index (κ1) is 23.2. The lowest BCUT2D eigenvalue weighted by atomic mass is 10.0. The number of amides is 1. The lowest BCUT2D eigenvalue weighted by Gasteiger charge is -2.24. The van der Waals surface area contributed by atoms with E-state index in [1.54, 1.807) is 54.6 Å². The molecular formula is C22H27BrN2O3S2. The second-order valence-corrected chi connectivity index (χ2v) is 11.5. The first-order valence-electron chi connectivity index (χ1n) is 10.2. The fourth-order valence-corrected chi connectivity index (χ4v) is 6.40. The topological polar surface area (TPSA) is 66.5 Å². The smallest absolute Gasteiger partial charge is 0.264 e. The third-order valence-corrected chi connectivity index (χ3v) is 8.76. The Morgan fingerprint density at radius 1 is 1.03 bits per heavy atom. The van der Waals surface area contributed by atoms with Crippen molar-refractivity contribution in [2.75, 3.05) is 23.1 Å². The Labute approximate surface area is 191 Å². The number of sulfonamides is 1. The van der Waals surface area contributed by atoms with E-state index >= 15 is 0 Å². The molecule has 3 rings (SSSR count). The first-order valence-corrected chi connectivity index (χ1v) is 13.5. The van der Waals surface area contributed by atoms with Gasteiger partial charge in [0.25, 0.3) is 10.0 Å². The summed E-state index contributed by atoms with van der Waals surface area (Å²) in [5.41, 5.74) is 0.453. The highest BCUT2D eigenvalue weighted by molar-refractivity contribution is 9.10. The molecule has 162 valence electrons. The van der Waals surface area contributed by atoms with Crippen LogP contribution in [0.15, 0.2) is 64.0 Å². The number of carbonyl (C=O) groups is 1. The van der Waals surface area contributed by atoms with Crippen LogP contribution in [0.2, 0.25) is 0 Å². The minimum atomic E-state index is -3.86. The van der Waals surface area contributed by atoms with E-state index in [4.69, 9.17) is 0 Å². The zero-order valence-corrected chi connectivity index (χ0v) is 20.0. The van der Waals surface area contributed by atoms with Gasteiger partial charge in [0, 0.05) is 22.0 Å². The van der Waals surface area contributed by atoms with Crippen LogP contribution in [0.3, 0.4) is 0 Å². The predicted molar refractivity (Wildman–Crippen MR) is 127 cm³/mol. The van der Waals surface area contributed by atoms with E-state index in [9.17, 15) is 13.2 Å². The molecular weight excluding hydrogens is 484 g/mol. The highest BCUT2D eigenvalue weighted by Crippen LogP contribution is 2.28. The molecule has 1 amide bonds. The fraction of sp³-hybridized carbons (Fsp3) is 0.409. The number of nitrogens with zero attached hydrogens (tertiary/aromatic N) is 1. The molecule has 0 atom stereocenters. The maximum absolute atomic E-state index is 13.2. The van der Waals surface area contributed by atoms with E-state index in [0.29, 0.717) is 17.5 Å².